The second-order valence-corrected chi connectivity index (χ2v) is 6.81. The summed E-state index contributed by atoms with van der Waals surface area (Å²) in [7, 11) is 3.87. The van der Waals surface area contributed by atoms with Crippen LogP contribution in [0.3, 0.4) is 0 Å². The first kappa shape index (κ1) is 15.2. The highest BCUT2D eigenvalue weighted by Gasteiger charge is 1.98. The van der Waals surface area contributed by atoms with Crippen LogP contribution < -0.4 is 0 Å². The van der Waals surface area contributed by atoms with Crippen LogP contribution in [0.5, 0.6) is 0 Å². The molecule has 6 heteroatoms. The van der Waals surface area contributed by atoms with E-state index in [1.54, 1.807) is 0 Å². The summed E-state index contributed by atoms with van der Waals surface area (Å²) >= 11 is 6.81. The van der Waals surface area contributed by atoms with Crippen molar-refractivity contribution in [2.45, 2.75) is 0 Å². The van der Waals surface area contributed by atoms with Crippen LogP contribution in [-0.4, -0.2) is 19.6 Å². The van der Waals surface area contributed by atoms with Gasteiger partial charge >= 0.3 is 0 Å². The molecule has 0 aliphatic carbocycles. The van der Waals surface area contributed by atoms with Gasteiger partial charge in [-0.25, -0.2) is 0 Å². The third-order valence-electron chi connectivity index (χ3n) is 3.29. The first-order chi connectivity index (χ1) is 10.5. The van der Waals surface area contributed by atoms with E-state index in [2.05, 4.69) is 54.2 Å². The zero-order valence-electron chi connectivity index (χ0n) is 12.2. The quantitative estimate of drug-likeness (QED) is 0.413. The molecule has 0 amide bonds. The van der Waals surface area contributed by atoms with E-state index in [1.165, 1.54) is 10.8 Å². The lowest BCUT2D eigenvalue weighted by Gasteiger charge is -1.92. The molecular formula is C16H14Br2N4. The Labute approximate surface area is 145 Å². The number of aryl methyl sites for hydroxylation is 2. The number of halogens is 2. The van der Waals surface area contributed by atoms with Crippen LogP contribution in [0.1, 0.15) is 0 Å². The number of benzene rings is 2. The van der Waals surface area contributed by atoms with Gasteiger partial charge in [0.1, 0.15) is 0 Å². The monoisotopic (exact) mass is 420 g/mol. The highest BCUT2D eigenvalue weighted by molar-refractivity contribution is 9.10. The van der Waals surface area contributed by atoms with Crippen LogP contribution in [-0.2, 0) is 14.1 Å². The molecule has 0 aliphatic heterocycles. The summed E-state index contributed by atoms with van der Waals surface area (Å²) in [5.74, 6) is 0. The first-order valence-corrected chi connectivity index (χ1v) is 8.28. The van der Waals surface area contributed by atoms with Gasteiger partial charge in [0.2, 0.25) is 0 Å². The Morgan fingerprint density at radius 2 is 1.59 bits per heavy atom. The topological polar surface area (TPSA) is 35.6 Å². The van der Waals surface area contributed by atoms with E-state index in [4.69, 9.17) is 0 Å². The van der Waals surface area contributed by atoms with Crippen LogP contribution in [0.2, 0.25) is 0 Å². The van der Waals surface area contributed by atoms with E-state index in [0.29, 0.717) is 0 Å². The molecule has 0 atom stereocenters. The normalized spacial score (nSPS) is 10.7. The molecule has 2 aromatic heterocycles. The Bertz CT molecular complexity index is 931. The minimum Gasteiger partial charge on any atom is -0.275 e. The molecule has 0 N–H and O–H groups in total. The summed E-state index contributed by atoms with van der Waals surface area (Å²) in [5, 5.41) is 10.7. The smallest absolute Gasteiger partial charge is 0.0923 e. The fourth-order valence-electron chi connectivity index (χ4n) is 2.25. The minimum atomic E-state index is 1.04. The van der Waals surface area contributed by atoms with E-state index in [-0.39, 0.29) is 0 Å². The highest BCUT2D eigenvalue weighted by Crippen LogP contribution is 2.18. The zero-order chi connectivity index (χ0) is 15.7. The average molecular weight is 422 g/mol. The van der Waals surface area contributed by atoms with Crippen molar-refractivity contribution in [3.8, 4) is 0 Å². The molecular weight excluding hydrogens is 408 g/mol. The Hall–Kier alpha value is -1.66. The first-order valence-electron chi connectivity index (χ1n) is 6.69. The van der Waals surface area contributed by atoms with Crippen LogP contribution in [0, 0.1) is 0 Å². The fourth-order valence-corrected chi connectivity index (χ4v) is 3.01. The maximum atomic E-state index is 4.25. The molecule has 0 fully saturated rings. The van der Waals surface area contributed by atoms with Crippen molar-refractivity contribution >= 4 is 53.7 Å². The van der Waals surface area contributed by atoms with Crippen molar-refractivity contribution in [2.24, 2.45) is 14.1 Å². The van der Waals surface area contributed by atoms with Crippen LogP contribution >= 0.6 is 31.9 Å². The maximum absolute atomic E-state index is 4.25. The van der Waals surface area contributed by atoms with Crippen molar-refractivity contribution in [1.29, 1.82) is 0 Å². The molecule has 0 saturated heterocycles. The summed E-state index contributed by atoms with van der Waals surface area (Å²) in [6.45, 7) is 0. The lowest BCUT2D eigenvalue weighted by atomic mass is 10.3. The third kappa shape index (κ3) is 3.23. The number of hydrogen-bond donors (Lipinski definition) is 0. The Morgan fingerprint density at radius 3 is 2.36 bits per heavy atom. The lowest BCUT2D eigenvalue weighted by molar-refractivity contribution is 0.780. The van der Waals surface area contributed by atoms with Gasteiger partial charge in [0.15, 0.2) is 0 Å². The van der Waals surface area contributed by atoms with E-state index in [1.807, 2.05) is 60.1 Å². The SMILES string of the molecule is Cn1cc2cc(Br)ccc2n1.Cn1ncc2cc(Br)ccc21. The molecule has 0 radical (unpaired) electrons. The predicted octanol–water partition coefficient (Wildman–Crippen LogP) is 4.67. The fraction of sp³-hybridized carbons (Fsp3) is 0.125. The third-order valence-corrected chi connectivity index (χ3v) is 4.28. The zero-order valence-corrected chi connectivity index (χ0v) is 15.3. The summed E-state index contributed by atoms with van der Waals surface area (Å²) < 4.78 is 5.87. The lowest BCUT2D eigenvalue weighted by Crippen LogP contribution is -1.87. The maximum Gasteiger partial charge on any atom is 0.0923 e. The minimum absolute atomic E-state index is 1.04. The molecule has 4 nitrogen and oxygen atoms in total. The average Bonchev–Trinajstić information content (AvgIpc) is 3.01. The van der Waals surface area contributed by atoms with Gasteiger partial charge in [0, 0.05) is 40.0 Å². The summed E-state index contributed by atoms with van der Waals surface area (Å²) in [6.07, 6.45) is 3.86. The van der Waals surface area contributed by atoms with Crippen LogP contribution in [0.4, 0.5) is 0 Å². The summed E-state index contributed by atoms with van der Waals surface area (Å²) in [5.41, 5.74) is 2.20. The van der Waals surface area contributed by atoms with Crippen molar-refractivity contribution in [3.05, 3.63) is 57.7 Å². The number of hydrogen-bond acceptors (Lipinski definition) is 2. The van der Waals surface area contributed by atoms with Gasteiger partial charge < -0.3 is 0 Å². The number of aromatic nitrogens is 4. The van der Waals surface area contributed by atoms with Gasteiger partial charge in [-0.3, -0.25) is 9.36 Å². The van der Waals surface area contributed by atoms with E-state index >= 15 is 0 Å². The van der Waals surface area contributed by atoms with Gasteiger partial charge in [0.05, 0.1) is 17.2 Å². The van der Waals surface area contributed by atoms with Gasteiger partial charge in [0.25, 0.3) is 0 Å². The van der Waals surface area contributed by atoms with Crippen molar-refractivity contribution in [1.82, 2.24) is 19.6 Å². The molecule has 4 rings (SSSR count). The van der Waals surface area contributed by atoms with E-state index in [0.717, 1.165) is 20.0 Å². The molecule has 4 aromatic rings. The number of fused-ring (bicyclic) bond motifs is 2. The second kappa shape index (κ2) is 6.22. The summed E-state index contributed by atoms with van der Waals surface area (Å²) in [6, 6.07) is 12.2. The van der Waals surface area contributed by atoms with Gasteiger partial charge in [-0.2, -0.15) is 10.2 Å². The Morgan fingerprint density at radius 1 is 0.909 bits per heavy atom. The molecule has 22 heavy (non-hydrogen) atoms. The molecule has 0 unspecified atom stereocenters. The summed E-state index contributed by atoms with van der Waals surface area (Å²) in [4.78, 5) is 0. The Balaban J connectivity index is 0.000000131. The van der Waals surface area contributed by atoms with Crippen LogP contribution in [0.25, 0.3) is 21.8 Å². The predicted molar refractivity (Wildman–Crippen MR) is 96.8 cm³/mol. The number of rotatable bonds is 0. The van der Waals surface area contributed by atoms with E-state index < -0.39 is 0 Å². The Kier molecular flexibility index (Phi) is 4.31. The molecule has 2 aromatic carbocycles. The standard InChI is InChI=1S/2C8H7BrN2/c1-11-5-6-4-7(9)2-3-8(6)10-11;1-11-8-3-2-7(9)4-6(8)5-10-11/h2*2-5H,1H3. The van der Waals surface area contributed by atoms with E-state index in [9.17, 15) is 0 Å². The van der Waals surface area contributed by atoms with Gasteiger partial charge in [-0.05, 0) is 36.4 Å². The molecule has 0 spiro atoms. The molecule has 0 aliphatic rings. The molecule has 2 heterocycles. The number of nitrogens with zero attached hydrogens (tertiary/aromatic N) is 4. The molecule has 0 saturated carbocycles. The van der Waals surface area contributed by atoms with Crippen molar-refractivity contribution < 1.29 is 0 Å². The highest BCUT2D eigenvalue weighted by atomic mass is 79.9. The largest absolute Gasteiger partial charge is 0.275 e. The second-order valence-electron chi connectivity index (χ2n) is 4.98. The van der Waals surface area contributed by atoms with Crippen molar-refractivity contribution in [3.63, 3.8) is 0 Å². The molecule has 112 valence electrons. The molecule has 0 bridgehead atoms. The van der Waals surface area contributed by atoms with Gasteiger partial charge in [-0.15, -0.1) is 0 Å². The van der Waals surface area contributed by atoms with Crippen LogP contribution in [0.15, 0.2) is 57.7 Å². The van der Waals surface area contributed by atoms with Crippen molar-refractivity contribution in [2.75, 3.05) is 0 Å². The van der Waals surface area contributed by atoms with Gasteiger partial charge in [-0.1, -0.05) is 31.9 Å².